The van der Waals surface area contributed by atoms with E-state index in [2.05, 4.69) is 66.7 Å². The van der Waals surface area contributed by atoms with Gasteiger partial charge in [-0.2, -0.15) is 50.0 Å². The number of nitriles is 1. The average Bonchev–Trinajstić information content (AvgIpc) is 3.85. The van der Waals surface area contributed by atoms with Crippen LogP contribution in [0.2, 0.25) is 0 Å². The van der Waals surface area contributed by atoms with Crippen LogP contribution in [0.4, 0.5) is 40.3 Å². The van der Waals surface area contributed by atoms with Gasteiger partial charge < -0.3 is 16.6 Å². The van der Waals surface area contributed by atoms with Gasteiger partial charge in [0.1, 0.15) is 11.6 Å². The summed E-state index contributed by atoms with van der Waals surface area (Å²) in [6.45, 7) is 14.4. The average molecular weight is 706 g/mol. The molecule has 0 amide bonds. The normalized spacial score (nSPS) is 11.4. The smallest absolute Gasteiger partial charge is 0.320 e. The summed E-state index contributed by atoms with van der Waals surface area (Å²) in [6.07, 6.45) is 0. The molecule has 0 radical (unpaired) electrons. The molecule has 5 aromatic heterocycles. The second-order valence-corrected chi connectivity index (χ2v) is 11.4. The van der Waals surface area contributed by atoms with E-state index in [-0.39, 0.29) is 57.8 Å². The SMILES string of the molecule is [C-]#[N+]c1c(C)nn(-c2ccccc2)c1N=Nc1c(C)nn(-c2nc(O)nc(-n3nc(C)c(N=Nc4c(C#N)c(C)nn4-c4ccccc4)c3N)n2)c1N. The van der Waals surface area contributed by atoms with Crippen LogP contribution < -0.4 is 11.5 Å². The first-order valence-corrected chi connectivity index (χ1v) is 15.7. The van der Waals surface area contributed by atoms with Crippen LogP contribution in [0.25, 0.3) is 28.1 Å². The molecule has 5 heterocycles. The zero-order valence-corrected chi connectivity index (χ0v) is 28.5. The number of aromatic nitrogens is 11. The van der Waals surface area contributed by atoms with Crippen molar-refractivity contribution in [2.45, 2.75) is 27.7 Å². The van der Waals surface area contributed by atoms with Crippen molar-refractivity contribution in [1.29, 1.82) is 5.26 Å². The van der Waals surface area contributed by atoms with Gasteiger partial charge in [0.05, 0.1) is 40.7 Å². The predicted octanol–water partition coefficient (Wildman–Crippen LogP) is 5.97. The third-order valence-electron chi connectivity index (χ3n) is 7.86. The Labute approximate surface area is 299 Å². The third-order valence-corrected chi connectivity index (χ3v) is 7.86. The fourth-order valence-electron chi connectivity index (χ4n) is 5.32. The quantitative estimate of drug-likeness (QED) is 0.122. The maximum atomic E-state index is 10.6. The third kappa shape index (κ3) is 5.93. The van der Waals surface area contributed by atoms with Crippen LogP contribution in [0.5, 0.6) is 6.01 Å². The molecule has 20 heteroatoms. The second kappa shape index (κ2) is 13.3. The molecule has 0 saturated heterocycles. The number of nitrogen functional groups attached to an aromatic ring is 2. The van der Waals surface area contributed by atoms with E-state index in [0.717, 1.165) is 9.36 Å². The van der Waals surface area contributed by atoms with Gasteiger partial charge in [0.25, 0.3) is 17.6 Å². The molecule has 5 N–H and O–H groups in total. The summed E-state index contributed by atoms with van der Waals surface area (Å²) in [6, 6.07) is 19.8. The highest BCUT2D eigenvalue weighted by Crippen LogP contribution is 2.37. The molecule has 0 bridgehead atoms. The molecule has 0 unspecified atom stereocenters. The molecule has 0 aliphatic rings. The number of nitrogens with two attached hydrogens (primary N) is 2. The maximum absolute atomic E-state index is 10.6. The lowest BCUT2D eigenvalue weighted by Crippen LogP contribution is -2.13. The Hall–Kier alpha value is -8.13. The summed E-state index contributed by atoms with van der Waals surface area (Å²) < 4.78 is 5.32. The van der Waals surface area contributed by atoms with Crippen LogP contribution in [0, 0.1) is 45.6 Å². The predicted molar refractivity (Wildman–Crippen MR) is 190 cm³/mol. The van der Waals surface area contributed by atoms with Crippen LogP contribution in [0.15, 0.2) is 81.1 Å². The highest BCUT2D eigenvalue weighted by Gasteiger charge is 2.23. The highest BCUT2D eigenvalue weighted by atomic mass is 16.3. The van der Waals surface area contributed by atoms with E-state index in [1.54, 1.807) is 27.7 Å². The Kier molecular flexibility index (Phi) is 8.37. The van der Waals surface area contributed by atoms with Crippen LogP contribution in [0.1, 0.15) is 28.3 Å². The first-order valence-electron chi connectivity index (χ1n) is 15.7. The molecule has 7 rings (SSSR count). The number of aryl methyl sites for hydroxylation is 4. The van der Waals surface area contributed by atoms with Crippen molar-refractivity contribution in [3.63, 3.8) is 0 Å². The van der Waals surface area contributed by atoms with Gasteiger partial charge >= 0.3 is 6.01 Å². The van der Waals surface area contributed by atoms with Gasteiger partial charge in [-0.25, -0.2) is 14.2 Å². The number of para-hydroxylation sites is 2. The molecular formula is C33H27N19O. The molecule has 260 valence electrons. The van der Waals surface area contributed by atoms with E-state index < -0.39 is 6.01 Å². The highest BCUT2D eigenvalue weighted by molar-refractivity contribution is 5.69. The number of hydrogen-bond donors (Lipinski definition) is 3. The zero-order valence-electron chi connectivity index (χ0n) is 28.5. The van der Waals surface area contributed by atoms with Gasteiger partial charge in [-0.3, -0.25) is 0 Å². The van der Waals surface area contributed by atoms with Crippen LogP contribution in [-0.4, -0.2) is 59.2 Å². The van der Waals surface area contributed by atoms with Gasteiger partial charge in [-0.15, -0.1) is 20.5 Å². The Morgan fingerprint density at radius 2 is 1.09 bits per heavy atom. The number of anilines is 2. The Bertz CT molecular complexity index is 2490. The molecular weight excluding hydrogens is 678 g/mol. The number of azo groups is 2. The van der Waals surface area contributed by atoms with Gasteiger partial charge in [0.2, 0.25) is 0 Å². The standard InChI is InChI=1S/C33H27N19O/c1-17-23(16-34)29(49(45-17)21-12-8-6-9-13-21)43-41-24-18(2)47-51(27(24)35)31-38-32(40-33(53)39-31)52-28(36)25(19(3)48-52)42-44-30-26(37-5)20(4)46-50(30)22-14-10-7-11-15-22/h6-15H,35-36H2,1-4H3,(H,38,39,40,53). The van der Waals surface area contributed by atoms with Crippen molar-refractivity contribution in [1.82, 2.24) is 54.1 Å². The molecule has 2 aromatic carbocycles. The summed E-state index contributed by atoms with van der Waals surface area (Å²) in [7, 11) is 0. The Balaban J connectivity index is 1.24. The number of nitrogens with zero attached hydrogens (tertiary/aromatic N) is 17. The number of aromatic hydroxyl groups is 1. The minimum Gasteiger partial charge on any atom is -0.479 e. The number of rotatable bonds is 8. The van der Waals surface area contributed by atoms with E-state index in [4.69, 9.17) is 18.0 Å². The molecule has 0 atom stereocenters. The molecule has 0 aliphatic carbocycles. The number of hydrogen-bond acceptors (Lipinski definition) is 15. The van der Waals surface area contributed by atoms with Crippen molar-refractivity contribution in [3.8, 4) is 35.4 Å². The Morgan fingerprint density at radius 1 is 0.642 bits per heavy atom. The van der Waals surface area contributed by atoms with Gasteiger partial charge in [-0.05, 0) is 52.0 Å². The second-order valence-electron chi connectivity index (χ2n) is 11.4. The monoisotopic (exact) mass is 705 g/mol. The lowest BCUT2D eigenvalue weighted by molar-refractivity contribution is 0.423. The van der Waals surface area contributed by atoms with Gasteiger partial charge in [0.15, 0.2) is 34.6 Å². The van der Waals surface area contributed by atoms with Gasteiger partial charge in [0, 0.05) is 0 Å². The molecule has 0 fully saturated rings. The summed E-state index contributed by atoms with van der Waals surface area (Å²) in [4.78, 5) is 16.0. The van der Waals surface area contributed by atoms with E-state index in [9.17, 15) is 10.4 Å². The van der Waals surface area contributed by atoms with Crippen LogP contribution in [-0.2, 0) is 0 Å². The fraction of sp³-hybridized carbons (Fsp3) is 0.121. The molecule has 0 spiro atoms. The first kappa shape index (κ1) is 33.4. The fourth-order valence-corrected chi connectivity index (χ4v) is 5.32. The van der Waals surface area contributed by atoms with Crippen molar-refractivity contribution in [2.75, 3.05) is 11.5 Å². The van der Waals surface area contributed by atoms with Crippen LogP contribution >= 0.6 is 0 Å². The lowest BCUT2D eigenvalue weighted by Gasteiger charge is -2.06. The largest absolute Gasteiger partial charge is 0.479 e. The molecule has 20 nitrogen and oxygen atoms in total. The van der Waals surface area contributed by atoms with Crippen molar-refractivity contribution < 1.29 is 5.11 Å². The molecule has 0 aliphatic heterocycles. The summed E-state index contributed by atoms with van der Waals surface area (Å²) in [5.74, 6) is -0.00634. The Morgan fingerprint density at radius 3 is 1.58 bits per heavy atom. The molecule has 0 saturated carbocycles. The van der Waals surface area contributed by atoms with Crippen molar-refractivity contribution >= 4 is 40.3 Å². The zero-order chi connectivity index (χ0) is 37.4. The van der Waals surface area contributed by atoms with Gasteiger partial charge in [-0.1, -0.05) is 36.4 Å². The van der Waals surface area contributed by atoms with Crippen molar-refractivity contribution in [2.24, 2.45) is 20.5 Å². The minimum absolute atomic E-state index is 0.0209. The first-order chi connectivity index (χ1) is 25.6. The summed E-state index contributed by atoms with van der Waals surface area (Å²) in [5.41, 5.74) is 16.7. The maximum Gasteiger partial charge on any atom is 0.320 e. The van der Waals surface area contributed by atoms with E-state index in [1.165, 1.54) is 9.36 Å². The van der Waals surface area contributed by atoms with E-state index in [0.29, 0.717) is 34.2 Å². The lowest BCUT2D eigenvalue weighted by atomic mass is 10.2. The van der Waals surface area contributed by atoms with Crippen LogP contribution in [0.3, 0.4) is 0 Å². The number of benzene rings is 2. The summed E-state index contributed by atoms with van der Waals surface area (Å²) >= 11 is 0. The minimum atomic E-state index is -0.679. The topological polar surface area (TPSA) is 260 Å². The summed E-state index contributed by atoms with van der Waals surface area (Å²) in [5, 5.41) is 55.5. The van der Waals surface area contributed by atoms with Crippen molar-refractivity contribution in [3.05, 3.63) is 100 Å². The van der Waals surface area contributed by atoms with E-state index >= 15 is 0 Å². The van der Waals surface area contributed by atoms with E-state index in [1.807, 2.05) is 60.7 Å². The molecule has 7 aromatic rings. The molecule has 53 heavy (non-hydrogen) atoms.